The lowest BCUT2D eigenvalue weighted by Gasteiger charge is -2.29. The zero-order valence-electron chi connectivity index (χ0n) is 22.3. The van der Waals surface area contributed by atoms with Crippen LogP contribution in [0.4, 0.5) is 13.2 Å². The minimum Gasteiger partial charge on any atom is -0.480 e. The summed E-state index contributed by atoms with van der Waals surface area (Å²) in [5, 5.41) is 11.9. The molecule has 0 heterocycles. The summed E-state index contributed by atoms with van der Waals surface area (Å²) >= 11 is 5.37. The van der Waals surface area contributed by atoms with Crippen molar-refractivity contribution >= 4 is 39.6 Å². The van der Waals surface area contributed by atoms with Crippen molar-refractivity contribution in [3.63, 3.8) is 0 Å². The van der Waals surface area contributed by atoms with E-state index in [9.17, 15) is 36.0 Å². The third-order valence-corrected chi connectivity index (χ3v) is 8.71. The summed E-state index contributed by atoms with van der Waals surface area (Å²) in [6.07, 6.45) is -3.50. The van der Waals surface area contributed by atoms with Crippen molar-refractivity contribution in [1.82, 2.24) is 14.9 Å². The van der Waals surface area contributed by atoms with Crippen molar-refractivity contribution < 1.29 is 45.8 Å². The second kappa shape index (κ2) is 14.8. The predicted molar refractivity (Wildman–Crippen MR) is 145 cm³/mol. The molecule has 10 nitrogen and oxygen atoms in total. The number of esters is 1. The van der Waals surface area contributed by atoms with Crippen molar-refractivity contribution in [2.75, 3.05) is 6.61 Å². The van der Waals surface area contributed by atoms with E-state index in [0.717, 1.165) is 12.1 Å². The van der Waals surface area contributed by atoms with Crippen LogP contribution < -0.4 is 14.9 Å². The summed E-state index contributed by atoms with van der Waals surface area (Å²) in [7, 11) is -4.06. The van der Waals surface area contributed by atoms with E-state index in [1.165, 1.54) is 0 Å². The van der Waals surface area contributed by atoms with Crippen molar-refractivity contribution in [3.8, 4) is 0 Å². The molecule has 1 aliphatic carbocycles. The summed E-state index contributed by atoms with van der Waals surface area (Å²) in [5.41, 5.74) is -0.269. The van der Waals surface area contributed by atoms with Crippen LogP contribution in [0.15, 0.2) is 59.5 Å². The molecular weight excluding hydrogens is 603 g/mol. The molecule has 2 aromatic rings. The lowest BCUT2D eigenvalue weighted by Crippen LogP contribution is -2.42. The number of rotatable bonds is 13. The molecule has 15 heteroatoms. The number of benzene rings is 2. The molecule has 42 heavy (non-hydrogen) atoms. The Hall–Kier alpha value is -3.20. The number of ether oxygens (including phenoxy) is 1. The Labute approximate surface area is 246 Å². The molecule has 0 saturated heterocycles. The standard InChI is InChI=1S/C27H31ClF3N3O7S/c28-33-22(26(37)38)14-15-24(35)41-16-23(17-4-2-1-3-5-17)32-25(36)18-6-10-20(11-7-18)34-42(39,40)21-12-8-19(9-13-21)27(29,30)31/h1-5,8-9,12-13,18,20,22-23,33-34H,6-7,10-11,14-16H2,(H,32,36)(H,37,38)/t18?,20?,22-,23-/m1/s1. The van der Waals surface area contributed by atoms with Gasteiger partial charge in [-0.1, -0.05) is 30.3 Å². The first-order chi connectivity index (χ1) is 19.8. The van der Waals surface area contributed by atoms with Gasteiger partial charge in [-0.25, -0.2) is 18.0 Å². The zero-order chi connectivity index (χ0) is 30.9. The monoisotopic (exact) mass is 633 g/mol. The van der Waals surface area contributed by atoms with Gasteiger partial charge in [0, 0.05) is 18.4 Å². The van der Waals surface area contributed by atoms with E-state index in [-0.39, 0.29) is 30.3 Å². The van der Waals surface area contributed by atoms with Crippen molar-refractivity contribution in [3.05, 3.63) is 65.7 Å². The van der Waals surface area contributed by atoms with Gasteiger partial charge in [-0.15, -0.1) is 0 Å². The van der Waals surface area contributed by atoms with Gasteiger partial charge in [-0.2, -0.15) is 13.2 Å². The minimum atomic E-state index is -4.58. The van der Waals surface area contributed by atoms with Gasteiger partial charge >= 0.3 is 18.1 Å². The predicted octanol–water partition coefficient (Wildman–Crippen LogP) is 3.92. The Bertz CT molecular complexity index is 1320. The second-order valence-corrected chi connectivity index (χ2v) is 11.8. The Balaban J connectivity index is 1.54. The van der Waals surface area contributed by atoms with Crippen LogP contribution in [0.2, 0.25) is 0 Å². The van der Waals surface area contributed by atoms with E-state index in [4.69, 9.17) is 21.6 Å². The number of halogens is 4. The molecule has 3 rings (SSSR count). The normalized spacial score (nSPS) is 19.0. The Kier molecular flexibility index (Phi) is 11.7. The van der Waals surface area contributed by atoms with Gasteiger partial charge in [-0.3, -0.25) is 14.4 Å². The fraction of sp³-hybridized carbons (Fsp3) is 0.444. The number of hydrogen-bond donors (Lipinski definition) is 4. The van der Waals surface area contributed by atoms with Crippen LogP contribution in [-0.2, 0) is 35.3 Å². The van der Waals surface area contributed by atoms with Gasteiger partial charge < -0.3 is 15.2 Å². The molecule has 1 aliphatic rings. The van der Waals surface area contributed by atoms with E-state index in [0.29, 0.717) is 43.4 Å². The van der Waals surface area contributed by atoms with Crippen molar-refractivity contribution in [1.29, 1.82) is 0 Å². The highest BCUT2D eigenvalue weighted by Gasteiger charge is 2.33. The van der Waals surface area contributed by atoms with E-state index in [2.05, 4.69) is 14.9 Å². The molecule has 2 atom stereocenters. The van der Waals surface area contributed by atoms with E-state index < -0.39 is 57.7 Å². The molecule has 1 fully saturated rings. The SMILES string of the molecule is O=C(CC[C@@H](NCl)C(=O)O)OC[C@@H](NC(=O)C1CCC(NS(=O)(=O)c2ccc(C(F)(F)F)cc2)CC1)c1ccccc1. The summed E-state index contributed by atoms with van der Waals surface area (Å²) in [4.78, 5) is 38.2. The van der Waals surface area contributed by atoms with Crippen LogP contribution in [0.3, 0.4) is 0 Å². The maximum Gasteiger partial charge on any atom is 0.416 e. The number of carboxylic acid groups (broad SMARTS) is 1. The number of carbonyl (C=O) groups excluding carboxylic acids is 2. The number of carbonyl (C=O) groups is 3. The molecule has 0 radical (unpaired) electrons. The van der Waals surface area contributed by atoms with Gasteiger partial charge in [0.15, 0.2) is 0 Å². The summed E-state index contributed by atoms with van der Waals surface area (Å²) in [6, 6.07) is 9.73. The molecule has 0 aromatic heterocycles. The van der Waals surface area contributed by atoms with Crippen LogP contribution in [0.5, 0.6) is 0 Å². The number of carboxylic acids is 1. The zero-order valence-corrected chi connectivity index (χ0v) is 23.8. The maximum atomic E-state index is 13.1. The third kappa shape index (κ3) is 9.68. The van der Waals surface area contributed by atoms with Crippen LogP contribution in [0, 0.1) is 5.92 Å². The number of amides is 1. The summed E-state index contributed by atoms with van der Waals surface area (Å²) in [5.74, 6) is -2.62. The first kappa shape index (κ1) is 33.3. The van der Waals surface area contributed by atoms with Crippen LogP contribution >= 0.6 is 11.8 Å². The van der Waals surface area contributed by atoms with Gasteiger partial charge in [0.1, 0.15) is 12.6 Å². The number of sulfonamides is 1. The lowest BCUT2D eigenvalue weighted by atomic mass is 9.85. The number of hydrogen-bond acceptors (Lipinski definition) is 7. The molecule has 1 amide bonds. The van der Waals surface area contributed by atoms with Crippen LogP contribution in [0.1, 0.15) is 55.7 Å². The average Bonchev–Trinajstić information content (AvgIpc) is 2.95. The van der Waals surface area contributed by atoms with E-state index in [1.54, 1.807) is 30.3 Å². The molecule has 2 aromatic carbocycles. The molecule has 230 valence electrons. The Morgan fingerprint density at radius 2 is 1.62 bits per heavy atom. The topological polar surface area (TPSA) is 151 Å². The Morgan fingerprint density at radius 3 is 2.17 bits per heavy atom. The van der Waals surface area contributed by atoms with Gasteiger partial charge in [-0.05, 0) is 73.7 Å². The molecule has 0 bridgehead atoms. The minimum absolute atomic E-state index is 0.0914. The maximum absolute atomic E-state index is 13.1. The molecule has 0 unspecified atom stereocenters. The van der Waals surface area contributed by atoms with E-state index >= 15 is 0 Å². The molecule has 4 N–H and O–H groups in total. The summed E-state index contributed by atoms with van der Waals surface area (Å²) in [6.45, 7) is -0.192. The summed E-state index contributed by atoms with van der Waals surface area (Å²) < 4.78 is 71.6. The fourth-order valence-electron chi connectivity index (χ4n) is 4.52. The van der Waals surface area contributed by atoms with E-state index in [1.807, 2.05) is 0 Å². The molecule has 0 spiro atoms. The molecular formula is C27H31ClF3N3O7S. The first-order valence-electron chi connectivity index (χ1n) is 13.1. The number of nitrogens with one attached hydrogen (secondary N) is 3. The van der Waals surface area contributed by atoms with Gasteiger partial charge in [0.05, 0.1) is 16.5 Å². The largest absolute Gasteiger partial charge is 0.480 e. The van der Waals surface area contributed by atoms with Gasteiger partial charge in [0.2, 0.25) is 15.9 Å². The van der Waals surface area contributed by atoms with Crippen LogP contribution in [-0.4, -0.2) is 50.1 Å². The average molecular weight is 634 g/mol. The smallest absolute Gasteiger partial charge is 0.416 e. The number of aliphatic carboxylic acids is 1. The quantitative estimate of drug-likeness (QED) is 0.191. The fourth-order valence-corrected chi connectivity index (χ4v) is 6.02. The molecule has 1 saturated carbocycles. The first-order valence-corrected chi connectivity index (χ1v) is 15.0. The second-order valence-electron chi connectivity index (χ2n) is 9.89. The van der Waals surface area contributed by atoms with Crippen molar-refractivity contribution in [2.24, 2.45) is 5.92 Å². The number of alkyl halides is 3. The Morgan fingerprint density at radius 1 is 1.00 bits per heavy atom. The van der Waals surface area contributed by atoms with Crippen molar-refractivity contribution in [2.45, 2.75) is 67.7 Å². The lowest BCUT2D eigenvalue weighted by molar-refractivity contribution is -0.146. The highest BCUT2D eigenvalue weighted by molar-refractivity contribution is 7.89. The highest BCUT2D eigenvalue weighted by atomic mass is 35.5. The van der Waals surface area contributed by atoms with Gasteiger partial charge in [0.25, 0.3) is 0 Å². The highest BCUT2D eigenvalue weighted by Crippen LogP contribution is 2.30. The third-order valence-electron chi connectivity index (χ3n) is 6.91. The molecule has 0 aliphatic heterocycles. The van der Waals surface area contributed by atoms with Crippen LogP contribution in [0.25, 0.3) is 0 Å².